The van der Waals surface area contributed by atoms with Crippen LogP contribution in [0.2, 0.25) is 0 Å². The molecule has 1 aliphatic rings. The Kier molecular flexibility index (Phi) is 5.79. The largest absolute Gasteiger partial charge is 0.342 e. The number of carbonyl (C=O) groups is 1. The van der Waals surface area contributed by atoms with Crippen LogP contribution in [0.1, 0.15) is 44.3 Å². The second-order valence-electron chi connectivity index (χ2n) is 6.23. The van der Waals surface area contributed by atoms with Crippen molar-refractivity contribution in [2.24, 2.45) is 0 Å². The van der Waals surface area contributed by atoms with Gasteiger partial charge in [0, 0.05) is 37.9 Å². The predicted octanol–water partition coefficient (Wildman–Crippen LogP) is 1.95. The van der Waals surface area contributed by atoms with Crippen LogP contribution >= 0.6 is 0 Å². The van der Waals surface area contributed by atoms with Crippen molar-refractivity contribution in [1.29, 1.82) is 0 Å². The Hall–Kier alpha value is -1.36. The molecule has 5 heteroatoms. The summed E-state index contributed by atoms with van der Waals surface area (Å²) in [5.41, 5.74) is 0. The van der Waals surface area contributed by atoms with E-state index in [2.05, 4.69) is 22.7 Å². The summed E-state index contributed by atoms with van der Waals surface area (Å²) in [6, 6.07) is 0. The van der Waals surface area contributed by atoms with Crippen molar-refractivity contribution in [2.45, 2.75) is 45.1 Å². The maximum Gasteiger partial charge on any atom is 0.236 e. The lowest BCUT2D eigenvalue weighted by molar-refractivity contribution is -0.132. The molecule has 118 valence electrons. The number of unbranched alkanes of at least 4 members (excludes halogenated alkanes) is 1. The standard InChI is InChI=1S/C16H28N4O/c1-4-5-9-20-12-8-17-16(20)14-6-10-19(11-7-14)15(21)13-18(2)3/h8,12,14H,4-7,9-11,13H2,1-3H3. The third-order valence-corrected chi connectivity index (χ3v) is 4.16. The van der Waals surface area contributed by atoms with Crippen LogP contribution < -0.4 is 0 Å². The Labute approximate surface area is 127 Å². The van der Waals surface area contributed by atoms with Crippen LogP contribution in [0.3, 0.4) is 0 Å². The number of likely N-dealkylation sites (N-methyl/N-ethyl adjacent to an activating group) is 1. The Bertz CT molecular complexity index is 447. The molecule has 1 aliphatic heterocycles. The zero-order chi connectivity index (χ0) is 15.2. The van der Waals surface area contributed by atoms with E-state index in [1.807, 2.05) is 30.1 Å². The van der Waals surface area contributed by atoms with Crippen molar-refractivity contribution in [3.63, 3.8) is 0 Å². The summed E-state index contributed by atoms with van der Waals surface area (Å²) in [5.74, 6) is 1.95. The number of hydrogen-bond donors (Lipinski definition) is 0. The first-order valence-electron chi connectivity index (χ1n) is 8.05. The first kappa shape index (κ1) is 16.0. The number of amides is 1. The molecule has 0 aliphatic carbocycles. The molecule has 0 aromatic carbocycles. The van der Waals surface area contributed by atoms with E-state index in [0.717, 1.165) is 32.5 Å². The second-order valence-corrected chi connectivity index (χ2v) is 6.23. The number of hydrogen-bond acceptors (Lipinski definition) is 3. The summed E-state index contributed by atoms with van der Waals surface area (Å²) in [6.45, 7) is 5.50. The van der Waals surface area contributed by atoms with E-state index in [0.29, 0.717) is 12.5 Å². The minimum Gasteiger partial charge on any atom is -0.342 e. The zero-order valence-corrected chi connectivity index (χ0v) is 13.6. The molecular formula is C16H28N4O. The summed E-state index contributed by atoms with van der Waals surface area (Å²) in [7, 11) is 3.88. The van der Waals surface area contributed by atoms with Crippen molar-refractivity contribution < 1.29 is 4.79 Å². The van der Waals surface area contributed by atoms with Gasteiger partial charge in [0.25, 0.3) is 0 Å². The molecule has 0 bridgehead atoms. The number of piperidine rings is 1. The van der Waals surface area contributed by atoms with Gasteiger partial charge in [0.05, 0.1) is 6.54 Å². The number of carbonyl (C=O) groups excluding carboxylic acids is 1. The van der Waals surface area contributed by atoms with E-state index in [-0.39, 0.29) is 5.91 Å². The molecule has 5 nitrogen and oxygen atoms in total. The number of likely N-dealkylation sites (tertiary alicyclic amines) is 1. The van der Waals surface area contributed by atoms with Crippen molar-refractivity contribution in [3.8, 4) is 0 Å². The molecule has 1 aromatic heterocycles. The van der Waals surface area contributed by atoms with Gasteiger partial charge in [0.2, 0.25) is 5.91 Å². The van der Waals surface area contributed by atoms with E-state index in [1.165, 1.54) is 18.7 Å². The summed E-state index contributed by atoms with van der Waals surface area (Å²) in [6.07, 6.45) is 8.46. The lowest BCUT2D eigenvalue weighted by atomic mass is 9.95. The fraction of sp³-hybridized carbons (Fsp3) is 0.750. The number of rotatable bonds is 6. The molecule has 1 fully saturated rings. The maximum atomic E-state index is 12.1. The quantitative estimate of drug-likeness (QED) is 0.805. The minimum absolute atomic E-state index is 0.243. The van der Waals surface area contributed by atoms with Gasteiger partial charge in [0.1, 0.15) is 5.82 Å². The maximum absolute atomic E-state index is 12.1. The van der Waals surface area contributed by atoms with Crippen molar-refractivity contribution in [3.05, 3.63) is 18.2 Å². The average molecular weight is 292 g/mol. The van der Waals surface area contributed by atoms with E-state index in [1.54, 1.807) is 0 Å². The average Bonchev–Trinajstić information content (AvgIpc) is 2.93. The molecule has 0 N–H and O–H groups in total. The van der Waals surface area contributed by atoms with Crippen LogP contribution in [-0.4, -0.2) is 59.0 Å². The van der Waals surface area contributed by atoms with Gasteiger partial charge < -0.3 is 14.4 Å². The Morgan fingerprint density at radius 1 is 1.38 bits per heavy atom. The number of aryl methyl sites for hydroxylation is 1. The highest BCUT2D eigenvalue weighted by Crippen LogP contribution is 2.27. The lowest BCUT2D eigenvalue weighted by Gasteiger charge is -2.32. The Morgan fingerprint density at radius 2 is 2.10 bits per heavy atom. The molecule has 0 saturated carbocycles. The molecule has 0 spiro atoms. The van der Waals surface area contributed by atoms with Crippen LogP contribution in [0, 0.1) is 0 Å². The molecule has 21 heavy (non-hydrogen) atoms. The Morgan fingerprint density at radius 3 is 2.71 bits per heavy atom. The van der Waals surface area contributed by atoms with Crippen LogP contribution in [0.5, 0.6) is 0 Å². The van der Waals surface area contributed by atoms with Gasteiger partial charge >= 0.3 is 0 Å². The first-order valence-corrected chi connectivity index (χ1v) is 8.05. The minimum atomic E-state index is 0.243. The SMILES string of the molecule is CCCCn1ccnc1C1CCN(C(=O)CN(C)C)CC1. The second kappa shape index (κ2) is 7.59. The molecule has 1 aromatic rings. The van der Waals surface area contributed by atoms with Gasteiger partial charge in [-0.3, -0.25) is 4.79 Å². The van der Waals surface area contributed by atoms with Crippen molar-refractivity contribution >= 4 is 5.91 Å². The molecule has 2 heterocycles. The summed E-state index contributed by atoms with van der Waals surface area (Å²) >= 11 is 0. The van der Waals surface area contributed by atoms with Gasteiger partial charge in [0.15, 0.2) is 0 Å². The highest BCUT2D eigenvalue weighted by Gasteiger charge is 2.26. The topological polar surface area (TPSA) is 41.4 Å². The Balaban J connectivity index is 1.89. The smallest absolute Gasteiger partial charge is 0.236 e. The molecule has 1 amide bonds. The van der Waals surface area contributed by atoms with Crippen LogP contribution in [-0.2, 0) is 11.3 Å². The van der Waals surface area contributed by atoms with Gasteiger partial charge in [-0.1, -0.05) is 13.3 Å². The molecule has 0 radical (unpaired) electrons. The number of imidazole rings is 1. The summed E-state index contributed by atoms with van der Waals surface area (Å²) in [4.78, 5) is 20.6. The van der Waals surface area contributed by atoms with Gasteiger partial charge in [-0.15, -0.1) is 0 Å². The van der Waals surface area contributed by atoms with Crippen molar-refractivity contribution in [2.75, 3.05) is 33.7 Å². The third-order valence-electron chi connectivity index (χ3n) is 4.16. The number of aromatic nitrogens is 2. The highest BCUT2D eigenvalue weighted by molar-refractivity contribution is 5.78. The van der Waals surface area contributed by atoms with Crippen LogP contribution in [0.4, 0.5) is 0 Å². The lowest BCUT2D eigenvalue weighted by Crippen LogP contribution is -2.42. The summed E-state index contributed by atoms with van der Waals surface area (Å²) < 4.78 is 2.30. The van der Waals surface area contributed by atoms with E-state index in [4.69, 9.17) is 0 Å². The molecule has 1 saturated heterocycles. The fourth-order valence-corrected chi connectivity index (χ4v) is 2.96. The van der Waals surface area contributed by atoms with Crippen LogP contribution in [0.15, 0.2) is 12.4 Å². The van der Waals surface area contributed by atoms with Gasteiger partial charge in [-0.05, 0) is 33.4 Å². The normalized spacial score (nSPS) is 16.7. The van der Waals surface area contributed by atoms with Crippen molar-refractivity contribution in [1.82, 2.24) is 19.4 Å². The highest BCUT2D eigenvalue weighted by atomic mass is 16.2. The molecular weight excluding hydrogens is 264 g/mol. The summed E-state index contributed by atoms with van der Waals surface area (Å²) in [5, 5.41) is 0. The monoisotopic (exact) mass is 292 g/mol. The fourth-order valence-electron chi connectivity index (χ4n) is 2.96. The van der Waals surface area contributed by atoms with Gasteiger partial charge in [-0.2, -0.15) is 0 Å². The van der Waals surface area contributed by atoms with Gasteiger partial charge in [-0.25, -0.2) is 4.98 Å². The first-order chi connectivity index (χ1) is 10.1. The predicted molar refractivity (Wildman–Crippen MR) is 84.2 cm³/mol. The molecule has 0 unspecified atom stereocenters. The van der Waals surface area contributed by atoms with E-state index < -0.39 is 0 Å². The van der Waals surface area contributed by atoms with E-state index in [9.17, 15) is 4.79 Å². The zero-order valence-electron chi connectivity index (χ0n) is 13.6. The van der Waals surface area contributed by atoms with E-state index >= 15 is 0 Å². The third kappa shape index (κ3) is 4.30. The number of nitrogens with zero attached hydrogens (tertiary/aromatic N) is 4. The molecule has 0 atom stereocenters. The molecule has 2 rings (SSSR count). The van der Waals surface area contributed by atoms with Crippen LogP contribution in [0.25, 0.3) is 0 Å².